The predicted octanol–water partition coefficient (Wildman–Crippen LogP) is 3.40. The normalized spacial score (nSPS) is 17.6. The Morgan fingerprint density at radius 1 is 1.17 bits per heavy atom. The molecule has 2 fully saturated rings. The van der Waals surface area contributed by atoms with Crippen molar-refractivity contribution in [2.24, 2.45) is 0 Å². The van der Waals surface area contributed by atoms with Crippen molar-refractivity contribution in [1.29, 1.82) is 0 Å². The van der Waals surface area contributed by atoms with E-state index >= 15 is 4.39 Å². The highest BCUT2D eigenvalue weighted by molar-refractivity contribution is 5.92. The molecule has 0 spiro atoms. The molecule has 2 atom stereocenters. The number of pyridine rings is 2. The fourth-order valence-corrected chi connectivity index (χ4v) is 5.12. The average Bonchev–Trinajstić information content (AvgIpc) is 3.66. The van der Waals surface area contributed by atoms with Crippen LogP contribution in [0.3, 0.4) is 0 Å². The largest absolute Gasteiger partial charge is 0.477 e. The molecule has 5 rings (SSSR count). The molecule has 0 unspecified atom stereocenters. The van der Waals surface area contributed by atoms with Gasteiger partial charge in [0.05, 0.1) is 5.39 Å². The number of carbonyl (C=O) groups is 3. The van der Waals surface area contributed by atoms with Gasteiger partial charge in [0.2, 0.25) is 11.3 Å². The van der Waals surface area contributed by atoms with Gasteiger partial charge in [-0.1, -0.05) is 30.3 Å². The molecule has 1 saturated carbocycles. The van der Waals surface area contributed by atoms with E-state index in [1.165, 1.54) is 6.20 Å². The summed E-state index contributed by atoms with van der Waals surface area (Å²) < 4.78 is 22.3. The number of hydrogen-bond acceptors (Lipinski definition) is 7. The number of nitrogens with zero attached hydrogens (tertiary/aromatic N) is 3. The molecule has 42 heavy (non-hydrogen) atoms. The number of alkyl carbamates (subject to hydrolysis) is 1. The minimum absolute atomic E-state index is 0.00153. The Morgan fingerprint density at radius 2 is 1.88 bits per heavy atom. The zero-order valence-corrected chi connectivity index (χ0v) is 23.7. The van der Waals surface area contributed by atoms with Crippen LogP contribution < -0.4 is 21.0 Å². The van der Waals surface area contributed by atoms with Crippen LogP contribution in [0.25, 0.3) is 11.0 Å². The first kappa shape index (κ1) is 29.0. The maximum absolute atomic E-state index is 15.3. The molecule has 1 aromatic carbocycles. The van der Waals surface area contributed by atoms with E-state index in [9.17, 15) is 24.3 Å². The number of rotatable bonds is 8. The summed E-state index contributed by atoms with van der Waals surface area (Å²) in [6.45, 7) is 5.86. The van der Waals surface area contributed by atoms with Crippen LogP contribution in [0.4, 0.5) is 15.0 Å². The molecule has 2 aromatic heterocycles. The van der Waals surface area contributed by atoms with E-state index in [4.69, 9.17) is 4.74 Å². The molecule has 0 radical (unpaired) electrons. The topological polar surface area (TPSA) is 143 Å². The number of hydrogen-bond donors (Lipinski definition) is 3. The Hall–Kier alpha value is -4.48. The second kappa shape index (κ2) is 11.4. The Bertz CT molecular complexity index is 1580. The van der Waals surface area contributed by atoms with Crippen molar-refractivity contribution in [2.75, 3.05) is 18.0 Å². The van der Waals surface area contributed by atoms with E-state index in [2.05, 4.69) is 15.6 Å². The third-order valence-corrected chi connectivity index (χ3v) is 7.23. The lowest BCUT2D eigenvalue weighted by molar-refractivity contribution is -0.123. The van der Waals surface area contributed by atoms with Crippen LogP contribution in [-0.2, 0) is 16.0 Å². The summed E-state index contributed by atoms with van der Waals surface area (Å²) in [4.78, 5) is 56.5. The first-order valence-corrected chi connectivity index (χ1v) is 14.0. The minimum Gasteiger partial charge on any atom is -0.477 e. The third-order valence-electron chi connectivity index (χ3n) is 7.23. The molecule has 12 heteroatoms. The number of aromatic carboxylic acids is 1. The van der Waals surface area contributed by atoms with E-state index in [1.807, 2.05) is 30.3 Å². The maximum Gasteiger partial charge on any atom is 0.408 e. The zero-order valence-electron chi connectivity index (χ0n) is 23.7. The van der Waals surface area contributed by atoms with Gasteiger partial charge in [-0.3, -0.25) is 9.59 Å². The first-order valence-electron chi connectivity index (χ1n) is 14.0. The van der Waals surface area contributed by atoms with Gasteiger partial charge in [-0.25, -0.2) is 19.0 Å². The second-order valence-corrected chi connectivity index (χ2v) is 11.8. The van der Waals surface area contributed by atoms with Crippen molar-refractivity contribution in [1.82, 2.24) is 20.2 Å². The quantitative estimate of drug-likeness (QED) is 0.369. The number of ether oxygens (including phenoxy) is 1. The molecular formula is C30H34FN5O6. The maximum atomic E-state index is 15.3. The predicted molar refractivity (Wildman–Crippen MR) is 153 cm³/mol. The minimum atomic E-state index is -1.37. The van der Waals surface area contributed by atoms with Crippen LogP contribution in [0.5, 0.6) is 0 Å². The number of halogens is 1. The zero-order chi connectivity index (χ0) is 30.2. The Morgan fingerprint density at radius 3 is 2.52 bits per heavy atom. The highest BCUT2D eigenvalue weighted by Crippen LogP contribution is 2.37. The van der Waals surface area contributed by atoms with E-state index in [-0.39, 0.29) is 41.9 Å². The summed E-state index contributed by atoms with van der Waals surface area (Å²) in [5.41, 5.74) is -0.837. The van der Waals surface area contributed by atoms with Crippen molar-refractivity contribution in [2.45, 2.75) is 70.2 Å². The number of fused-ring (bicyclic) bond motifs is 1. The van der Waals surface area contributed by atoms with Gasteiger partial charge in [-0.15, -0.1) is 0 Å². The lowest BCUT2D eigenvalue weighted by Crippen LogP contribution is -2.52. The lowest BCUT2D eigenvalue weighted by Gasteiger charge is -2.25. The van der Waals surface area contributed by atoms with Crippen molar-refractivity contribution in [3.05, 3.63) is 69.8 Å². The van der Waals surface area contributed by atoms with Crippen molar-refractivity contribution in [3.8, 4) is 0 Å². The SMILES string of the molecule is CC(C)(C)OC(=O)N[C@H](Cc1ccccc1)C(=O)N[C@H]1CCN(c2nc3c(cc2F)c(=O)c(C(=O)O)cn3C2CC2)C1. The second-order valence-electron chi connectivity index (χ2n) is 11.8. The molecule has 2 amide bonds. The number of anilines is 1. The van der Waals surface area contributed by atoms with Crippen molar-refractivity contribution in [3.63, 3.8) is 0 Å². The summed E-state index contributed by atoms with van der Waals surface area (Å²) in [6, 6.07) is 9.09. The molecule has 1 aliphatic heterocycles. The number of aromatic nitrogens is 2. The van der Waals surface area contributed by atoms with Crippen molar-refractivity contribution < 1.29 is 28.6 Å². The van der Waals surface area contributed by atoms with Crippen LogP contribution in [0.15, 0.2) is 47.4 Å². The number of amides is 2. The van der Waals surface area contributed by atoms with Gasteiger partial charge in [0.25, 0.3) is 0 Å². The molecule has 3 N–H and O–H groups in total. The standard InChI is InChI=1S/C30H34FN5O6/c1-30(2,3)42-29(41)33-23(13-17-7-5-4-6-8-17)27(38)32-18-11-12-35(15-18)26-22(31)14-20-24(37)21(28(39)40)16-36(19-9-10-19)25(20)34-26/h4-8,14,16,18-19,23H,9-13,15H2,1-3H3,(H,32,38)(H,33,41)(H,39,40)/t18-,23+/m0/s1. The van der Waals surface area contributed by atoms with Gasteiger partial charge in [0.1, 0.15) is 22.9 Å². The van der Waals surface area contributed by atoms with Gasteiger partial charge in [0.15, 0.2) is 11.6 Å². The molecule has 1 saturated heterocycles. The number of carboxylic acids is 1. The van der Waals surface area contributed by atoms with Crippen LogP contribution in [0.2, 0.25) is 0 Å². The molecular weight excluding hydrogens is 545 g/mol. The summed E-state index contributed by atoms with van der Waals surface area (Å²) in [5.74, 6) is -2.48. The molecule has 2 aliphatic rings. The Kier molecular flexibility index (Phi) is 7.89. The summed E-state index contributed by atoms with van der Waals surface area (Å²) >= 11 is 0. The van der Waals surface area contributed by atoms with Crippen molar-refractivity contribution >= 4 is 34.8 Å². The number of carboxylic acid groups (broad SMARTS) is 1. The average molecular weight is 580 g/mol. The molecule has 11 nitrogen and oxygen atoms in total. The monoisotopic (exact) mass is 579 g/mol. The van der Waals surface area contributed by atoms with E-state index in [0.717, 1.165) is 24.5 Å². The van der Waals surface area contributed by atoms with E-state index in [0.29, 0.717) is 13.0 Å². The summed E-state index contributed by atoms with van der Waals surface area (Å²) in [5, 5.41) is 15.0. The number of carbonyl (C=O) groups excluding carboxylic acids is 2. The van der Waals surface area contributed by atoms with Crippen LogP contribution >= 0.6 is 0 Å². The fourth-order valence-electron chi connectivity index (χ4n) is 5.12. The number of nitrogens with one attached hydrogen (secondary N) is 2. The summed E-state index contributed by atoms with van der Waals surface area (Å²) in [7, 11) is 0. The van der Waals surface area contributed by atoms with Gasteiger partial charge >= 0.3 is 12.1 Å². The van der Waals surface area contributed by atoms with Gasteiger partial charge in [-0.2, -0.15) is 0 Å². The molecule has 3 heterocycles. The van der Waals surface area contributed by atoms with Gasteiger partial charge in [-0.05, 0) is 51.7 Å². The molecule has 0 bridgehead atoms. The van der Waals surface area contributed by atoms with E-state index in [1.54, 1.807) is 30.2 Å². The van der Waals surface area contributed by atoms with E-state index < -0.39 is 46.4 Å². The Labute approximate surface area is 241 Å². The highest BCUT2D eigenvalue weighted by Gasteiger charge is 2.33. The first-order chi connectivity index (χ1) is 19.9. The number of benzene rings is 1. The van der Waals surface area contributed by atoms with Crippen LogP contribution in [0, 0.1) is 5.82 Å². The molecule has 222 valence electrons. The molecule has 1 aliphatic carbocycles. The Balaban J connectivity index is 1.34. The van der Waals surface area contributed by atoms with Gasteiger partial charge in [0, 0.05) is 37.8 Å². The fraction of sp³-hybridized carbons (Fsp3) is 0.433. The third kappa shape index (κ3) is 6.53. The smallest absolute Gasteiger partial charge is 0.408 e. The summed E-state index contributed by atoms with van der Waals surface area (Å²) in [6.07, 6.45) is 2.96. The van der Waals surface area contributed by atoms with Gasteiger partial charge < -0.3 is 29.9 Å². The molecule has 3 aromatic rings. The van der Waals surface area contributed by atoms with Crippen LogP contribution in [0.1, 0.15) is 62.0 Å². The lowest BCUT2D eigenvalue weighted by atomic mass is 10.0. The van der Waals surface area contributed by atoms with Crippen LogP contribution in [-0.4, -0.2) is 63.4 Å². The highest BCUT2D eigenvalue weighted by atomic mass is 19.1.